The van der Waals surface area contributed by atoms with Gasteiger partial charge in [0.1, 0.15) is 18.1 Å². The molecule has 2 aromatic carbocycles. The monoisotopic (exact) mass is 527 g/mol. The number of amides is 1. The van der Waals surface area contributed by atoms with E-state index in [0.717, 1.165) is 50.0 Å². The predicted octanol–water partition coefficient (Wildman–Crippen LogP) is 5.60. The normalized spacial score (nSPS) is 22.6. The number of nitrogens with zero attached hydrogens (tertiary/aromatic N) is 2. The highest BCUT2D eigenvalue weighted by Gasteiger charge is 2.64. The Balaban J connectivity index is 1.44. The molecule has 1 aliphatic heterocycles. The van der Waals surface area contributed by atoms with Gasteiger partial charge in [0.25, 0.3) is 5.91 Å². The van der Waals surface area contributed by atoms with Crippen molar-refractivity contribution in [2.45, 2.75) is 58.9 Å². The molecule has 38 heavy (non-hydrogen) atoms. The maximum absolute atomic E-state index is 13.4. The average Bonchev–Trinajstić information content (AvgIpc) is 2.89. The van der Waals surface area contributed by atoms with Crippen LogP contribution in [-0.2, 0) is 11.0 Å². The Labute approximate surface area is 220 Å². The molecule has 1 heterocycles. The van der Waals surface area contributed by atoms with Crippen LogP contribution in [0.25, 0.3) is 0 Å². The summed E-state index contributed by atoms with van der Waals surface area (Å²) in [5.74, 6) is -0.0968. The molecule has 1 saturated carbocycles. The number of piperidine rings is 1. The summed E-state index contributed by atoms with van der Waals surface area (Å²) in [4.78, 5) is 26.3. The van der Waals surface area contributed by atoms with E-state index in [1.54, 1.807) is 18.2 Å². The summed E-state index contributed by atoms with van der Waals surface area (Å²) in [5.41, 5.74) is -1.13. The molecular weight excluding hydrogens is 495 g/mol. The molecule has 0 spiro atoms. The lowest BCUT2D eigenvalue weighted by Gasteiger charge is -2.63. The van der Waals surface area contributed by atoms with Crippen LogP contribution in [0.4, 0.5) is 18.9 Å². The van der Waals surface area contributed by atoms with Crippen molar-refractivity contribution in [1.82, 2.24) is 5.32 Å². The Morgan fingerprint density at radius 1 is 1.08 bits per heavy atom. The van der Waals surface area contributed by atoms with Gasteiger partial charge in [0.2, 0.25) is 0 Å². The molecule has 0 atom stereocenters. The highest BCUT2D eigenvalue weighted by atomic mass is 19.4. The summed E-state index contributed by atoms with van der Waals surface area (Å²) in [5, 5.41) is 12.1. The molecule has 0 radical (unpaired) electrons. The maximum atomic E-state index is 13.4. The average molecular weight is 528 g/mol. The Kier molecular flexibility index (Phi) is 7.21. The van der Waals surface area contributed by atoms with Crippen LogP contribution < -0.4 is 15.0 Å². The van der Waals surface area contributed by atoms with E-state index in [9.17, 15) is 22.8 Å². The zero-order valence-corrected chi connectivity index (χ0v) is 21.9. The van der Waals surface area contributed by atoms with Gasteiger partial charge < -0.3 is 19.7 Å². The summed E-state index contributed by atoms with van der Waals surface area (Å²) < 4.78 is 46.3. The fraction of sp³-hybridized carbons (Fsp3) is 0.483. The number of rotatable bonds is 6. The molecular formula is C29H32F3N3O3. The number of anilines is 1. The molecule has 4 rings (SSSR count). The first-order chi connectivity index (χ1) is 17.8. The molecule has 1 N–H and O–H groups in total. The van der Waals surface area contributed by atoms with E-state index >= 15 is 0 Å². The third-order valence-electron chi connectivity index (χ3n) is 8.01. The van der Waals surface area contributed by atoms with E-state index in [1.807, 2.05) is 39.8 Å². The number of aldehydes is 1. The summed E-state index contributed by atoms with van der Waals surface area (Å²) in [6, 6.07) is 12.0. The van der Waals surface area contributed by atoms with Crippen LogP contribution in [0.2, 0.25) is 0 Å². The lowest BCUT2D eigenvalue weighted by Crippen LogP contribution is -2.74. The number of alkyl halides is 3. The van der Waals surface area contributed by atoms with Crippen molar-refractivity contribution in [3.8, 4) is 11.8 Å². The summed E-state index contributed by atoms with van der Waals surface area (Å²) >= 11 is 0. The molecule has 202 valence electrons. The molecule has 1 amide bonds. The van der Waals surface area contributed by atoms with Gasteiger partial charge in [0.05, 0.1) is 17.2 Å². The number of nitriles is 1. The van der Waals surface area contributed by atoms with Crippen molar-refractivity contribution < 1.29 is 27.5 Å². The van der Waals surface area contributed by atoms with Crippen LogP contribution in [0, 0.1) is 28.1 Å². The fourth-order valence-electron chi connectivity index (χ4n) is 6.20. The van der Waals surface area contributed by atoms with Crippen molar-refractivity contribution in [2.75, 3.05) is 18.0 Å². The fourth-order valence-corrected chi connectivity index (χ4v) is 6.20. The standard InChI is InChI=1S/C29H32F3N3O3/c1-27(2)25(28(3,4)26(27)38-22-10-7-20(16-33)23(15-22)29(30,31)32)34-24(37)19-5-8-21(9-6-19)35-13-11-18(17-36)12-14-35/h5-10,15,17-18,25-26H,11-14H2,1-4H3,(H,34,37)/t25-,26-. The number of ether oxygens (including phenoxy) is 1. The summed E-state index contributed by atoms with van der Waals surface area (Å²) in [7, 11) is 0. The van der Waals surface area contributed by atoms with E-state index < -0.39 is 34.2 Å². The lowest BCUT2D eigenvalue weighted by atomic mass is 9.49. The van der Waals surface area contributed by atoms with E-state index in [4.69, 9.17) is 10.00 Å². The molecule has 0 bridgehead atoms. The number of hydrogen-bond donors (Lipinski definition) is 1. The molecule has 2 aromatic rings. The van der Waals surface area contributed by atoms with Crippen molar-refractivity contribution in [3.63, 3.8) is 0 Å². The molecule has 0 aromatic heterocycles. The van der Waals surface area contributed by atoms with Gasteiger partial charge in [-0.3, -0.25) is 4.79 Å². The quantitative estimate of drug-likeness (QED) is 0.495. The predicted molar refractivity (Wildman–Crippen MR) is 137 cm³/mol. The summed E-state index contributed by atoms with van der Waals surface area (Å²) in [6.07, 6.45) is -2.49. The minimum atomic E-state index is -4.67. The van der Waals surface area contributed by atoms with Gasteiger partial charge >= 0.3 is 6.18 Å². The smallest absolute Gasteiger partial charge is 0.417 e. The first-order valence-electron chi connectivity index (χ1n) is 12.7. The maximum Gasteiger partial charge on any atom is 0.417 e. The van der Waals surface area contributed by atoms with E-state index in [1.165, 1.54) is 6.07 Å². The first kappa shape index (κ1) is 27.5. The molecule has 9 heteroatoms. The molecule has 2 aliphatic rings. The molecule has 0 unspecified atom stereocenters. The lowest BCUT2D eigenvalue weighted by molar-refractivity contribution is -0.164. The van der Waals surface area contributed by atoms with Gasteiger partial charge in [0, 0.05) is 47.1 Å². The van der Waals surface area contributed by atoms with Crippen molar-refractivity contribution in [1.29, 1.82) is 5.26 Å². The van der Waals surface area contributed by atoms with Gasteiger partial charge in [-0.05, 0) is 55.3 Å². The zero-order valence-electron chi connectivity index (χ0n) is 21.9. The van der Waals surface area contributed by atoms with Crippen LogP contribution in [0.5, 0.6) is 5.75 Å². The van der Waals surface area contributed by atoms with Crippen LogP contribution in [0.15, 0.2) is 42.5 Å². The van der Waals surface area contributed by atoms with Crippen LogP contribution in [0.1, 0.15) is 62.0 Å². The van der Waals surface area contributed by atoms with Crippen molar-refractivity contribution in [2.24, 2.45) is 16.7 Å². The van der Waals surface area contributed by atoms with Crippen LogP contribution in [0.3, 0.4) is 0 Å². The Morgan fingerprint density at radius 2 is 1.68 bits per heavy atom. The molecule has 1 saturated heterocycles. The largest absolute Gasteiger partial charge is 0.489 e. The molecule has 6 nitrogen and oxygen atoms in total. The van der Waals surface area contributed by atoms with Gasteiger partial charge in [-0.25, -0.2) is 0 Å². The molecule has 2 fully saturated rings. The van der Waals surface area contributed by atoms with Gasteiger partial charge in [0.15, 0.2) is 0 Å². The zero-order chi connectivity index (χ0) is 27.9. The second-order valence-electron chi connectivity index (χ2n) is 11.4. The third-order valence-corrected chi connectivity index (χ3v) is 8.01. The minimum absolute atomic E-state index is 0.0278. The van der Waals surface area contributed by atoms with Gasteiger partial charge in [-0.1, -0.05) is 27.7 Å². The second kappa shape index (κ2) is 9.97. The van der Waals surface area contributed by atoms with Crippen molar-refractivity contribution >= 4 is 17.9 Å². The van der Waals surface area contributed by atoms with E-state index in [2.05, 4.69) is 10.2 Å². The first-order valence-corrected chi connectivity index (χ1v) is 12.7. The van der Waals surface area contributed by atoms with Crippen molar-refractivity contribution in [3.05, 3.63) is 59.2 Å². The molecule has 1 aliphatic carbocycles. The van der Waals surface area contributed by atoms with Gasteiger partial charge in [-0.2, -0.15) is 18.4 Å². The van der Waals surface area contributed by atoms with Gasteiger partial charge in [-0.15, -0.1) is 0 Å². The highest BCUT2D eigenvalue weighted by Crippen LogP contribution is 2.55. The minimum Gasteiger partial charge on any atom is -0.489 e. The van der Waals surface area contributed by atoms with E-state index in [0.29, 0.717) is 5.56 Å². The number of benzene rings is 2. The Morgan fingerprint density at radius 3 is 2.21 bits per heavy atom. The Hall–Kier alpha value is -3.54. The third kappa shape index (κ3) is 5.09. The topological polar surface area (TPSA) is 82.4 Å². The second-order valence-corrected chi connectivity index (χ2v) is 11.4. The van der Waals surface area contributed by atoms with Crippen LogP contribution in [-0.4, -0.2) is 37.4 Å². The number of carbonyl (C=O) groups is 2. The van der Waals surface area contributed by atoms with Crippen LogP contribution >= 0.6 is 0 Å². The number of carbonyl (C=O) groups excluding carboxylic acids is 2. The number of hydrogen-bond acceptors (Lipinski definition) is 5. The Bertz CT molecular complexity index is 1220. The number of nitrogens with one attached hydrogen (secondary N) is 1. The SMILES string of the molecule is CC1(C)[C@H](NC(=O)c2ccc(N3CCC(C=O)CC3)cc2)C(C)(C)[C@H]1Oc1ccc(C#N)c(C(F)(F)F)c1. The number of halogens is 3. The highest BCUT2D eigenvalue weighted by molar-refractivity contribution is 5.95. The van der Waals surface area contributed by atoms with E-state index in [-0.39, 0.29) is 23.6 Å². The summed E-state index contributed by atoms with van der Waals surface area (Å²) in [6.45, 7) is 9.24.